The van der Waals surface area contributed by atoms with Crippen LogP contribution in [0.1, 0.15) is 76.7 Å². The largest absolute Gasteiger partial charge is 0.494 e. The molecule has 2 aromatic rings. The van der Waals surface area contributed by atoms with Gasteiger partial charge in [0.15, 0.2) is 0 Å². The van der Waals surface area contributed by atoms with Gasteiger partial charge in [-0.1, -0.05) is 82.4 Å². The Morgan fingerprint density at radius 2 is 1.10 bits per heavy atom. The van der Waals surface area contributed by atoms with Crippen molar-refractivity contribution >= 4 is 9.84 Å². The highest BCUT2D eigenvalue weighted by Gasteiger charge is 2.17. The van der Waals surface area contributed by atoms with Crippen LogP contribution in [0.25, 0.3) is 0 Å². The maximum Gasteiger partial charge on any atom is 0.206 e. The van der Waals surface area contributed by atoms with E-state index in [1.165, 1.54) is 57.8 Å². The minimum Gasteiger partial charge on any atom is -0.494 e. The van der Waals surface area contributed by atoms with Crippen LogP contribution in [0.2, 0.25) is 0 Å². The molecule has 0 N–H and O–H groups in total. The lowest BCUT2D eigenvalue weighted by Gasteiger charge is -2.08. The van der Waals surface area contributed by atoms with Crippen molar-refractivity contribution in [2.75, 3.05) is 6.61 Å². The lowest BCUT2D eigenvalue weighted by atomic mass is 10.1. The van der Waals surface area contributed by atoms with Crippen LogP contribution in [0.5, 0.6) is 5.75 Å². The summed E-state index contributed by atoms with van der Waals surface area (Å²) >= 11 is 0. The van der Waals surface area contributed by atoms with Crippen LogP contribution < -0.4 is 4.74 Å². The summed E-state index contributed by atoms with van der Waals surface area (Å²) in [5.41, 5.74) is 1.04. The molecule has 2 rings (SSSR count). The molecule has 0 atom stereocenters. The molecule has 0 aliphatic rings. The molecule has 0 saturated heterocycles. The Balaban J connectivity index is 1.66. The number of aryl methyl sites for hydroxylation is 1. The van der Waals surface area contributed by atoms with Gasteiger partial charge in [0.1, 0.15) is 5.75 Å². The van der Waals surface area contributed by atoms with Crippen molar-refractivity contribution < 1.29 is 13.2 Å². The molecule has 0 aliphatic carbocycles. The van der Waals surface area contributed by atoms with Crippen molar-refractivity contribution in [2.45, 2.75) is 87.8 Å². The summed E-state index contributed by atoms with van der Waals surface area (Å²) in [6.45, 7) is 4.88. The quantitative estimate of drug-likeness (QED) is 0.308. The van der Waals surface area contributed by atoms with Crippen LogP contribution >= 0.6 is 0 Å². The molecule has 0 bridgehead atoms. The fourth-order valence-corrected chi connectivity index (χ4v) is 4.61. The third kappa shape index (κ3) is 8.22. The fourth-order valence-electron chi connectivity index (χ4n) is 3.35. The highest BCUT2D eigenvalue weighted by atomic mass is 32.2. The molecule has 0 amide bonds. The molecular weight excluding hydrogens is 380 g/mol. The molecule has 0 aromatic heterocycles. The first-order valence-electron chi connectivity index (χ1n) is 11.1. The van der Waals surface area contributed by atoms with E-state index in [1.54, 1.807) is 36.4 Å². The molecule has 0 saturated carbocycles. The molecule has 0 heterocycles. The highest BCUT2D eigenvalue weighted by Crippen LogP contribution is 2.23. The molecule has 0 radical (unpaired) electrons. The Morgan fingerprint density at radius 1 is 0.655 bits per heavy atom. The number of hydrogen-bond donors (Lipinski definition) is 0. The molecule has 29 heavy (non-hydrogen) atoms. The van der Waals surface area contributed by atoms with Crippen LogP contribution in [-0.2, 0) is 9.84 Å². The summed E-state index contributed by atoms with van der Waals surface area (Å²) in [6.07, 6.45) is 13.0. The van der Waals surface area contributed by atoms with Crippen LogP contribution in [0.4, 0.5) is 0 Å². The molecule has 3 nitrogen and oxygen atoms in total. The Morgan fingerprint density at radius 3 is 1.62 bits per heavy atom. The Bertz CT molecular complexity index is 793. The van der Waals surface area contributed by atoms with E-state index in [9.17, 15) is 8.42 Å². The van der Waals surface area contributed by atoms with Gasteiger partial charge >= 0.3 is 0 Å². The van der Waals surface area contributed by atoms with E-state index in [0.717, 1.165) is 17.7 Å². The predicted octanol–water partition coefficient (Wildman–Crippen LogP) is 7.13. The van der Waals surface area contributed by atoms with E-state index in [2.05, 4.69) is 6.92 Å². The molecule has 4 heteroatoms. The smallest absolute Gasteiger partial charge is 0.206 e. The molecule has 0 fully saturated rings. The second kappa shape index (κ2) is 12.7. The predicted molar refractivity (Wildman–Crippen MR) is 120 cm³/mol. The highest BCUT2D eigenvalue weighted by molar-refractivity contribution is 7.91. The Kier molecular flexibility index (Phi) is 10.3. The summed E-state index contributed by atoms with van der Waals surface area (Å²) < 4.78 is 31.1. The molecule has 0 spiro atoms. The van der Waals surface area contributed by atoms with Crippen molar-refractivity contribution in [2.24, 2.45) is 0 Å². The van der Waals surface area contributed by atoms with Gasteiger partial charge < -0.3 is 4.74 Å². The summed E-state index contributed by atoms with van der Waals surface area (Å²) in [7, 11) is -3.47. The molecule has 2 aromatic carbocycles. The lowest BCUT2D eigenvalue weighted by molar-refractivity contribution is 0.304. The van der Waals surface area contributed by atoms with Crippen LogP contribution in [0.15, 0.2) is 58.3 Å². The van der Waals surface area contributed by atoms with Crippen molar-refractivity contribution in [3.05, 3.63) is 54.1 Å². The van der Waals surface area contributed by atoms with E-state index >= 15 is 0 Å². The summed E-state index contributed by atoms with van der Waals surface area (Å²) in [5.74, 6) is 0.726. The van der Waals surface area contributed by atoms with Gasteiger partial charge in [-0.05, 0) is 49.7 Å². The van der Waals surface area contributed by atoms with Gasteiger partial charge in [-0.3, -0.25) is 0 Å². The van der Waals surface area contributed by atoms with E-state index in [4.69, 9.17) is 4.74 Å². The molecule has 0 unspecified atom stereocenters. The van der Waals surface area contributed by atoms with Crippen LogP contribution in [0.3, 0.4) is 0 Å². The first-order chi connectivity index (χ1) is 14.0. The maximum absolute atomic E-state index is 12.7. The molecule has 160 valence electrons. The number of benzene rings is 2. The van der Waals surface area contributed by atoms with Crippen molar-refractivity contribution in [3.63, 3.8) is 0 Å². The minimum absolute atomic E-state index is 0.299. The zero-order valence-corrected chi connectivity index (χ0v) is 18.8. The SMILES string of the molecule is CCCCCCCCCCCCOc1ccc(S(=O)(=O)c2ccc(C)cc2)cc1. The van der Waals surface area contributed by atoms with Gasteiger partial charge in [0, 0.05) is 0 Å². The number of hydrogen-bond acceptors (Lipinski definition) is 3. The van der Waals surface area contributed by atoms with Gasteiger partial charge in [0.25, 0.3) is 0 Å². The van der Waals surface area contributed by atoms with Gasteiger partial charge in [0.05, 0.1) is 16.4 Å². The maximum atomic E-state index is 12.7. The standard InChI is InChI=1S/C25H36O3S/c1-3-4-5-6-7-8-9-10-11-12-21-28-23-15-19-25(20-16-23)29(26,27)24-17-13-22(2)14-18-24/h13-20H,3-12,21H2,1-2H3. The Labute approximate surface area is 177 Å². The average molecular weight is 417 g/mol. The van der Waals surface area contributed by atoms with Crippen molar-refractivity contribution in [1.82, 2.24) is 0 Å². The lowest BCUT2D eigenvalue weighted by Crippen LogP contribution is -2.02. The monoisotopic (exact) mass is 416 g/mol. The van der Waals surface area contributed by atoms with E-state index in [-0.39, 0.29) is 0 Å². The van der Waals surface area contributed by atoms with E-state index in [0.29, 0.717) is 16.4 Å². The molecule has 0 aliphatic heterocycles. The van der Waals surface area contributed by atoms with Crippen molar-refractivity contribution in [1.29, 1.82) is 0 Å². The zero-order chi connectivity index (χ0) is 21.0. The van der Waals surface area contributed by atoms with Crippen LogP contribution in [-0.4, -0.2) is 15.0 Å². The summed E-state index contributed by atoms with van der Waals surface area (Å²) in [5, 5.41) is 0. The average Bonchev–Trinajstić information content (AvgIpc) is 2.73. The van der Waals surface area contributed by atoms with Crippen LogP contribution in [0, 0.1) is 6.92 Å². The first kappa shape index (κ1) is 23.5. The van der Waals surface area contributed by atoms with Gasteiger partial charge in [-0.25, -0.2) is 8.42 Å². The normalized spacial score (nSPS) is 11.5. The summed E-state index contributed by atoms with van der Waals surface area (Å²) in [4.78, 5) is 0.620. The summed E-state index contributed by atoms with van der Waals surface area (Å²) in [6, 6.07) is 13.7. The number of rotatable bonds is 14. The van der Waals surface area contributed by atoms with Gasteiger partial charge in [-0.15, -0.1) is 0 Å². The zero-order valence-electron chi connectivity index (χ0n) is 18.0. The van der Waals surface area contributed by atoms with Crippen molar-refractivity contribution in [3.8, 4) is 5.75 Å². The number of unbranched alkanes of at least 4 members (excludes halogenated alkanes) is 9. The second-order valence-corrected chi connectivity index (χ2v) is 9.77. The first-order valence-corrected chi connectivity index (χ1v) is 12.6. The fraction of sp³-hybridized carbons (Fsp3) is 0.520. The number of sulfone groups is 1. The second-order valence-electron chi connectivity index (χ2n) is 7.82. The number of ether oxygens (including phenoxy) is 1. The Hall–Kier alpha value is -1.81. The topological polar surface area (TPSA) is 43.4 Å². The van der Waals surface area contributed by atoms with E-state index < -0.39 is 9.84 Å². The minimum atomic E-state index is -3.47. The van der Waals surface area contributed by atoms with Gasteiger partial charge in [-0.2, -0.15) is 0 Å². The van der Waals surface area contributed by atoms with E-state index in [1.807, 2.05) is 19.1 Å². The van der Waals surface area contributed by atoms with Gasteiger partial charge in [0.2, 0.25) is 9.84 Å². The third-order valence-electron chi connectivity index (χ3n) is 5.23. The third-order valence-corrected chi connectivity index (χ3v) is 7.02. The molecular formula is C25H36O3S.